The fourth-order valence-corrected chi connectivity index (χ4v) is 11.0. The van der Waals surface area contributed by atoms with E-state index in [1.165, 1.54) is 44.1 Å². The Labute approximate surface area is 453 Å². The van der Waals surface area contributed by atoms with E-state index in [4.69, 9.17) is 4.98 Å². The summed E-state index contributed by atoms with van der Waals surface area (Å²) in [5.74, 6) is 0.877. The molecule has 77 heavy (non-hydrogen) atoms. The predicted octanol–water partition coefficient (Wildman–Crippen LogP) is 19.6. The average molecular weight is 998 g/mol. The van der Waals surface area contributed by atoms with Crippen LogP contribution in [0.3, 0.4) is 0 Å². The topological polar surface area (TPSA) is 30.9 Å². The highest BCUT2D eigenvalue weighted by Gasteiger charge is 2.37. The zero-order chi connectivity index (χ0) is 53.0. The third kappa shape index (κ3) is 9.10. The van der Waals surface area contributed by atoms with Gasteiger partial charge < -0.3 is 9.47 Å². The van der Waals surface area contributed by atoms with Crippen molar-refractivity contribution < 1.29 is 0 Å². The van der Waals surface area contributed by atoms with Gasteiger partial charge in [0.25, 0.3) is 0 Å². The molecule has 12 aromatic rings. The van der Waals surface area contributed by atoms with E-state index in [2.05, 4.69) is 271 Å². The Bertz CT molecular complexity index is 4110. The van der Waals surface area contributed by atoms with E-state index in [0.29, 0.717) is 0 Å². The van der Waals surface area contributed by atoms with Gasteiger partial charge in [0.15, 0.2) is 5.65 Å². The van der Waals surface area contributed by atoms with Crippen molar-refractivity contribution in [2.45, 2.75) is 47.0 Å². The van der Waals surface area contributed by atoms with Gasteiger partial charge in [0, 0.05) is 61.3 Å². The van der Waals surface area contributed by atoms with E-state index in [1.807, 2.05) is 56.4 Å². The predicted molar refractivity (Wildman–Crippen MR) is 329 cm³/mol. The molecule has 0 saturated heterocycles. The Hall–Kier alpha value is -9.45. The molecule has 3 heterocycles. The molecule has 0 aliphatic heterocycles. The number of aromatic nitrogens is 4. The third-order valence-electron chi connectivity index (χ3n) is 14.8. The molecule has 3 aromatic heterocycles. The number of nitrogens with zero attached hydrogens (tertiary/aromatic N) is 5. The largest absolute Gasteiger partial charge is 0.310 e. The molecule has 1 aliphatic rings. The van der Waals surface area contributed by atoms with Gasteiger partial charge in [-0.25, -0.2) is 4.98 Å². The standard InChI is InChI=1S/C61H47N5.C7H8.C4H8/c1-5-7-22-41(6-2)59-62-60-58(66(59)45-29-18-11-19-30-45)52-39-51-50-31-20-21-32-55(50)64(56(51)40-57(52)65(60)44-27-16-10-17-28-44)47-34-36-49-48-35-33-46(37-53(48)61(3,4)54(49)38-47)63(42-23-12-8-13-24-42)43-25-14-9-15-26-43;1-7-5-3-2-4-6-7;1-3-4-2/h5-40H,1H2,2-4H3;2-6H,1H3;3-4H,1-2H3/b22-7-,41-6+;;4-3-. The number of para-hydroxylation sites is 5. The lowest BCUT2D eigenvalue weighted by atomic mass is 9.82. The molecule has 0 fully saturated rings. The number of hydrogen-bond donors (Lipinski definition) is 0. The van der Waals surface area contributed by atoms with Gasteiger partial charge in [-0.15, -0.1) is 0 Å². The summed E-state index contributed by atoms with van der Waals surface area (Å²) in [7, 11) is 0. The molecule has 5 heteroatoms. The summed E-state index contributed by atoms with van der Waals surface area (Å²) in [6.45, 7) is 16.9. The summed E-state index contributed by atoms with van der Waals surface area (Å²) < 4.78 is 7.14. The molecule has 0 bridgehead atoms. The van der Waals surface area contributed by atoms with Crippen molar-refractivity contribution >= 4 is 66.5 Å². The van der Waals surface area contributed by atoms with Crippen LogP contribution in [-0.4, -0.2) is 18.7 Å². The van der Waals surface area contributed by atoms with Crippen LogP contribution in [0, 0.1) is 6.92 Å². The summed E-state index contributed by atoms with van der Waals surface area (Å²) in [5, 5.41) is 3.54. The third-order valence-corrected chi connectivity index (χ3v) is 14.8. The van der Waals surface area contributed by atoms with Crippen molar-refractivity contribution in [3.05, 3.63) is 290 Å². The van der Waals surface area contributed by atoms with Crippen molar-refractivity contribution in [2.24, 2.45) is 0 Å². The zero-order valence-corrected chi connectivity index (χ0v) is 44.8. The Morgan fingerprint density at radius 3 is 1.58 bits per heavy atom. The molecule has 0 radical (unpaired) electrons. The molecule has 13 rings (SSSR count). The second kappa shape index (κ2) is 21.4. The molecule has 5 nitrogen and oxygen atoms in total. The van der Waals surface area contributed by atoms with Gasteiger partial charge >= 0.3 is 0 Å². The number of benzene rings is 9. The summed E-state index contributed by atoms with van der Waals surface area (Å²) in [6, 6.07) is 80.6. The van der Waals surface area contributed by atoms with Crippen molar-refractivity contribution in [3.8, 4) is 28.2 Å². The summed E-state index contributed by atoms with van der Waals surface area (Å²) in [4.78, 5) is 7.89. The SMILES string of the molecule is C/C=C\C.C=C/C=C\C(=C/C)c1nc2c(c3cc4c5ccccc5n(-c5ccc6c(c5)C(C)(C)c5cc(N(c7ccccc7)c7ccccc7)ccc5-6)c4cc3n2-c2ccccc2)n1-c1ccccc1.Cc1ccccc1. The van der Waals surface area contributed by atoms with Crippen LogP contribution in [0.5, 0.6) is 0 Å². The van der Waals surface area contributed by atoms with Gasteiger partial charge in [0.2, 0.25) is 0 Å². The number of aryl methyl sites for hydroxylation is 1. The molecular weight excluding hydrogens is 935 g/mol. The maximum Gasteiger partial charge on any atom is 0.165 e. The molecule has 9 aromatic carbocycles. The lowest BCUT2D eigenvalue weighted by Gasteiger charge is -2.28. The van der Waals surface area contributed by atoms with E-state index >= 15 is 0 Å². The minimum absolute atomic E-state index is 0.256. The fourth-order valence-electron chi connectivity index (χ4n) is 11.0. The second-order valence-electron chi connectivity index (χ2n) is 19.9. The lowest BCUT2D eigenvalue weighted by Crippen LogP contribution is -2.17. The monoisotopic (exact) mass is 998 g/mol. The van der Waals surface area contributed by atoms with Crippen LogP contribution in [0.2, 0.25) is 0 Å². The Kier molecular flexibility index (Phi) is 13.8. The zero-order valence-electron chi connectivity index (χ0n) is 44.8. The summed E-state index contributed by atoms with van der Waals surface area (Å²) in [5.41, 5.74) is 19.3. The molecule has 376 valence electrons. The number of hydrogen-bond acceptors (Lipinski definition) is 2. The van der Waals surface area contributed by atoms with Crippen LogP contribution in [0.1, 0.15) is 57.1 Å². The van der Waals surface area contributed by atoms with E-state index in [9.17, 15) is 0 Å². The molecule has 0 atom stereocenters. The quantitative estimate of drug-likeness (QED) is 0.107. The number of anilines is 3. The number of rotatable bonds is 9. The number of allylic oxidation sites excluding steroid dienone is 7. The maximum atomic E-state index is 5.53. The van der Waals surface area contributed by atoms with E-state index in [-0.39, 0.29) is 5.41 Å². The Morgan fingerprint density at radius 2 is 1.01 bits per heavy atom. The minimum atomic E-state index is -0.256. The van der Waals surface area contributed by atoms with Gasteiger partial charge in [0.1, 0.15) is 11.3 Å². The van der Waals surface area contributed by atoms with E-state index < -0.39 is 0 Å². The van der Waals surface area contributed by atoms with Gasteiger partial charge in [-0.05, 0) is 141 Å². The lowest BCUT2D eigenvalue weighted by molar-refractivity contribution is 0.660. The highest BCUT2D eigenvalue weighted by molar-refractivity contribution is 6.18. The van der Waals surface area contributed by atoms with Gasteiger partial charge in [-0.2, -0.15) is 0 Å². The fraction of sp³-hybridized carbons (Fsp3) is 0.0972. The average Bonchev–Trinajstić information content (AvgIpc) is 4.35. The van der Waals surface area contributed by atoms with Crippen LogP contribution in [-0.2, 0) is 5.41 Å². The van der Waals surface area contributed by atoms with Gasteiger partial charge in [-0.1, -0.05) is 196 Å². The summed E-state index contributed by atoms with van der Waals surface area (Å²) >= 11 is 0. The van der Waals surface area contributed by atoms with Crippen LogP contribution in [0.25, 0.3) is 77.6 Å². The minimum Gasteiger partial charge on any atom is -0.310 e. The number of imidazole rings is 1. The van der Waals surface area contributed by atoms with Crippen LogP contribution in [0.4, 0.5) is 17.1 Å². The maximum absolute atomic E-state index is 5.53. The highest BCUT2D eigenvalue weighted by Crippen LogP contribution is 2.52. The molecule has 0 saturated carbocycles. The van der Waals surface area contributed by atoms with Crippen LogP contribution < -0.4 is 4.90 Å². The first-order valence-corrected chi connectivity index (χ1v) is 26.6. The van der Waals surface area contributed by atoms with E-state index in [1.54, 1.807) is 0 Å². The molecule has 0 unspecified atom stereocenters. The highest BCUT2D eigenvalue weighted by atomic mass is 15.2. The molecule has 1 aliphatic carbocycles. The molecule has 0 N–H and O–H groups in total. The first-order chi connectivity index (χ1) is 37.7. The van der Waals surface area contributed by atoms with Crippen molar-refractivity contribution in [1.29, 1.82) is 0 Å². The molecule has 0 amide bonds. The van der Waals surface area contributed by atoms with Crippen LogP contribution >= 0.6 is 0 Å². The molecule has 0 spiro atoms. The molecular formula is C72H63N5. The Balaban J connectivity index is 0.000000518. The second-order valence-corrected chi connectivity index (χ2v) is 19.9. The van der Waals surface area contributed by atoms with Crippen LogP contribution in [0.15, 0.2) is 267 Å². The number of fused-ring (bicyclic) bond motifs is 9. The van der Waals surface area contributed by atoms with Gasteiger partial charge in [0.05, 0.1) is 16.6 Å². The first-order valence-electron chi connectivity index (χ1n) is 26.6. The van der Waals surface area contributed by atoms with Crippen molar-refractivity contribution in [3.63, 3.8) is 0 Å². The van der Waals surface area contributed by atoms with Crippen molar-refractivity contribution in [2.75, 3.05) is 4.90 Å². The van der Waals surface area contributed by atoms with E-state index in [0.717, 1.165) is 73.1 Å². The Morgan fingerprint density at radius 1 is 0.481 bits per heavy atom. The first kappa shape index (κ1) is 49.7. The summed E-state index contributed by atoms with van der Waals surface area (Å²) in [6.07, 6.45) is 12.0. The van der Waals surface area contributed by atoms with Crippen molar-refractivity contribution in [1.82, 2.24) is 18.7 Å². The smallest absolute Gasteiger partial charge is 0.165 e. The normalized spacial score (nSPS) is 12.7. The van der Waals surface area contributed by atoms with Gasteiger partial charge in [-0.3, -0.25) is 9.13 Å².